The van der Waals surface area contributed by atoms with E-state index < -0.39 is 0 Å². The first-order valence-electron chi connectivity index (χ1n) is 7.74. The summed E-state index contributed by atoms with van der Waals surface area (Å²) in [6, 6.07) is 8.60. The molecule has 0 radical (unpaired) electrons. The number of rotatable bonds is 4. The first-order chi connectivity index (χ1) is 10.2. The van der Waals surface area contributed by atoms with Crippen LogP contribution in [0.4, 0.5) is 4.79 Å². The molecule has 1 aromatic rings. The van der Waals surface area contributed by atoms with Gasteiger partial charge in [-0.25, -0.2) is 4.79 Å². The summed E-state index contributed by atoms with van der Waals surface area (Å²) in [6.07, 6.45) is 3.15. The van der Waals surface area contributed by atoms with E-state index in [1.54, 1.807) is 0 Å². The predicted octanol–water partition coefficient (Wildman–Crippen LogP) is 2.37. The van der Waals surface area contributed by atoms with E-state index in [9.17, 15) is 4.79 Å². The van der Waals surface area contributed by atoms with E-state index in [1.807, 2.05) is 23.1 Å². The maximum absolute atomic E-state index is 11.7. The van der Waals surface area contributed by atoms with Crippen LogP contribution in [0.2, 0.25) is 5.02 Å². The lowest BCUT2D eigenvalue weighted by Crippen LogP contribution is -2.46. The van der Waals surface area contributed by atoms with Gasteiger partial charge < -0.3 is 15.1 Å². The van der Waals surface area contributed by atoms with Crippen LogP contribution in [-0.4, -0.2) is 54.6 Å². The summed E-state index contributed by atoms with van der Waals surface area (Å²) in [6.45, 7) is 4.84. The zero-order valence-corrected chi connectivity index (χ0v) is 13.0. The maximum atomic E-state index is 11.7. The molecule has 1 N–H and O–H groups in total. The number of halogens is 1. The largest absolute Gasteiger partial charge is 0.336 e. The van der Waals surface area contributed by atoms with Crippen LogP contribution in [0.5, 0.6) is 0 Å². The van der Waals surface area contributed by atoms with Crippen molar-refractivity contribution in [1.82, 2.24) is 15.1 Å². The fourth-order valence-corrected chi connectivity index (χ4v) is 3.50. The zero-order valence-electron chi connectivity index (χ0n) is 12.2. The molecule has 0 bridgehead atoms. The molecular weight excluding hydrogens is 286 g/mol. The van der Waals surface area contributed by atoms with Gasteiger partial charge in [0.2, 0.25) is 0 Å². The number of benzene rings is 1. The lowest BCUT2D eigenvalue weighted by molar-refractivity contribution is 0.137. The van der Waals surface area contributed by atoms with Crippen molar-refractivity contribution < 1.29 is 4.79 Å². The normalized spacial score (nSPS) is 20.8. The standard InChI is InChI=1S/C16H22ClN3O/c17-15-4-2-1-3-13(15)5-9-19-10-6-14(7-11-19)20-12-8-18-16(20)21/h1-4,14H,5-12H2,(H,18,21). The van der Waals surface area contributed by atoms with Gasteiger partial charge in [0.1, 0.15) is 0 Å². The highest BCUT2D eigenvalue weighted by molar-refractivity contribution is 6.31. The average Bonchev–Trinajstić information content (AvgIpc) is 2.93. The molecule has 2 aliphatic heterocycles. The highest BCUT2D eigenvalue weighted by atomic mass is 35.5. The number of amides is 2. The molecule has 0 saturated carbocycles. The Bertz CT molecular complexity index is 500. The molecule has 1 aromatic carbocycles. The monoisotopic (exact) mass is 307 g/mol. The molecule has 2 aliphatic rings. The Morgan fingerprint density at radius 2 is 1.95 bits per heavy atom. The van der Waals surface area contributed by atoms with Crippen molar-refractivity contribution in [2.24, 2.45) is 0 Å². The molecule has 0 atom stereocenters. The highest BCUT2D eigenvalue weighted by Gasteiger charge is 2.30. The molecule has 2 heterocycles. The van der Waals surface area contributed by atoms with E-state index in [0.29, 0.717) is 6.04 Å². The lowest BCUT2D eigenvalue weighted by Gasteiger charge is -2.36. The smallest absolute Gasteiger partial charge is 0.317 e. The summed E-state index contributed by atoms with van der Waals surface area (Å²) < 4.78 is 0. The van der Waals surface area contributed by atoms with E-state index in [1.165, 1.54) is 5.56 Å². The van der Waals surface area contributed by atoms with Crippen LogP contribution in [-0.2, 0) is 6.42 Å². The van der Waals surface area contributed by atoms with E-state index in [-0.39, 0.29) is 6.03 Å². The first kappa shape index (κ1) is 14.7. The van der Waals surface area contributed by atoms with Crippen molar-refractivity contribution >= 4 is 17.6 Å². The number of carbonyl (C=O) groups excluding carboxylic acids is 1. The van der Waals surface area contributed by atoms with Crippen molar-refractivity contribution in [3.8, 4) is 0 Å². The second-order valence-electron chi connectivity index (χ2n) is 5.84. The van der Waals surface area contributed by atoms with Crippen LogP contribution in [0.25, 0.3) is 0 Å². The molecule has 2 saturated heterocycles. The molecule has 114 valence electrons. The average molecular weight is 308 g/mol. The number of hydrogen-bond donors (Lipinski definition) is 1. The van der Waals surface area contributed by atoms with Crippen molar-refractivity contribution in [3.05, 3.63) is 34.9 Å². The zero-order chi connectivity index (χ0) is 14.7. The van der Waals surface area contributed by atoms with Gasteiger partial charge >= 0.3 is 6.03 Å². The second-order valence-corrected chi connectivity index (χ2v) is 6.25. The second kappa shape index (κ2) is 6.67. The Kier molecular flexibility index (Phi) is 4.66. The fraction of sp³-hybridized carbons (Fsp3) is 0.562. The molecule has 21 heavy (non-hydrogen) atoms. The van der Waals surface area contributed by atoms with E-state index in [2.05, 4.69) is 16.3 Å². The summed E-state index contributed by atoms with van der Waals surface area (Å²) in [5.41, 5.74) is 1.22. The highest BCUT2D eigenvalue weighted by Crippen LogP contribution is 2.20. The van der Waals surface area contributed by atoms with Gasteiger partial charge in [-0.2, -0.15) is 0 Å². The van der Waals surface area contributed by atoms with Gasteiger partial charge in [-0.3, -0.25) is 0 Å². The van der Waals surface area contributed by atoms with Gasteiger partial charge in [0.15, 0.2) is 0 Å². The van der Waals surface area contributed by atoms with Crippen molar-refractivity contribution in [2.75, 3.05) is 32.7 Å². The third-order valence-electron chi connectivity index (χ3n) is 4.54. The maximum Gasteiger partial charge on any atom is 0.317 e. The fourth-order valence-electron chi connectivity index (χ4n) is 3.27. The van der Waals surface area contributed by atoms with Gasteiger partial charge in [0.05, 0.1) is 0 Å². The predicted molar refractivity (Wildman–Crippen MR) is 84.7 cm³/mol. The third-order valence-corrected chi connectivity index (χ3v) is 4.91. The number of urea groups is 1. The molecule has 0 aliphatic carbocycles. The SMILES string of the molecule is O=C1NCCN1C1CCN(CCc2ccccc2Cl)CC1. The van der Waals surface area contributed by atoms with Gasteiger partial charge in [0.25, 0.3) is 0 Å². The number of nitrogens with one attached hydrogen (secondary N) is 1. The molecule has 3 rings (SSSR count). The Balaban J connectivity index is 1.46. The number of likely N-dealkylation sites (tertiary alicyclic amines) is 1. The third kappa shape index (κ3) is 3.50. The van der Waals surface area contributed by atoms with Gasteiger partial charge in [-0.1, -0.05) is 29.8 Å². The van der Waals surface area contributed by atoms with Crippen LogP contribution in [0.1, 0.15) is 18.4 Å². The van der Waals surface area contributed by atoms with Crippen molar-refractivity contribution in [3.63, 3.8) is 0 Å². The molecule has 4 nitrogen and oxygen atoms in total. The van der Waals surface area contributed by atoms with E-state index in [0.717, 1.165) is 57.0 Å². The molecule has 2 amide bonds. The Morgan fingerprint density at radius 3 is 2.62 bits per heavy atom. The van der Waals surface area contributed by atoms with Crippen LogP contribution in [0.15, 0.2) is 24.3 Å². The minimum atomic E-state index is 0.115. The molecule has 2 fully saturated rings. The summed E-state index contributed by atoms with van der Waals surface area (Å²) in [5.74, 6) is 0. The lowest BCUT2D eigenvalue weighted by atomic mass is 10.0. The number of hydrogen-bond acceptors (Lipinski definition) is 2. The molecule has 0 spiro atoms. The van der Waals surface area contributed by atoms with Crippen LogP contribution < -0.4 is 5.32 Å². The Morgan fingerprint density at radius 1 is 1.19 bits per heavy atom. The van der Waals surface area contributed by atoms with Crippen molar-refractivity contribution in [1.29, 1.82) is 0 Å². The minimum absolute atomic E-state index is 0.115. The van der Waals surface area contributed by atoms with Gasteiger partial charge in [0, 0.05) is 43.8 Å². The summed E-state index contributed by atoms with van der Waals surface area (Å²) in [4.78, 5) is 16.2. The van der Waals surface area contributed by atoms with Crippen LogP contribution >= 0.6 is 11.6 Å². The quantitative estimate of drug-likeness (QED) is 0.927. The van der Waals surface area contributed by atoms with E-state index >= 15 is 0 Å². The van der Waals surface area contributed by atoms with Crippen LogP contribution in [0.3, 0.4) is 0 Å². The Labute approximate surface area is 131 Å². The number of nitrogens with zero attached hydrogens (tertiary/aromatic N) is 2. The topological polar surface area (TPSA) is 35.6 Å². The van der Waals surface area contributed by atoms with Crippen molar-refractivity contribution in [2.45, 2.75) is 25.3 Å². The van der Waals surface area contributed by atoms with Crippen LogP contribution in [0, 0.1) is 0 Å². The summed E-state index contributed by atoms with van der Waals surface area (Å²) >= 11 is 6.20. The molecule has 0 aromatic heterocycles. The first-order valence-corrected chi connectivity index (χ1v) is 8.12. The molecule has 5 heteroatoms. The number of carbonyl (C=O) groups is 1. The van der Waals surface area contributed by atoms with E-state index in [4.69, 9.17) is 11.6 Å². The summed E-state index contributed by atoms with van der Waals surface area (Å²) in [7, 11) is 0. The van der Waals surface area contributed by atoms with Gasteiger partial charge in [-0.15, -0.1) is 0 Å². The minimum Gasteiger partial charge on any atom is -0.336 e. The molecule has 0 unspecified atom stereocenters. The van der Waals surface area contributed by atoms with Gasteiger partial charge in [-0.05, 0) is 30.9 Å². The summed E-state index contributed by atoms with van der Waals surface area (Å²) in [5, 5.41) is 3.75. The Hall–Kier alpha value is -1.26. The number of piperidine rings is 1. The molecular formula is C16H22ClN3O.